The monoisotopic (exact) mass is 492 g/mol. The van der Waals surface area contributed by atoms with E-state index < -0.39 is 6.04 Å². The third-order valence-electron chi connectivity index (χ3n) is 5.97. The van der Waals surface area contributed by atoms with Gasteiger partial charge in [0.15, 0.2) is 0 Å². The van der Waals surface area contributed by atoms with E-state index >= 15 is 0 Å². The molecule has 2 aromatic carbocycles. The first-order chi connectivity index (χ1) is 15.3. The molecular weight excluding hydrogens is 463 g/mol. The van der Waals surface area contributed by atoms with Gasteiger partial charge in [-0.2, -0.15) is 0 Å². The second-order valence-electron chi connectivity index (χ2n) is 8.34. The van der Waals surface area contributed by atoms with Gasteiger partial charge in [-0.3, -0.25) is 9.59 Å². The molecule has 0 unspecified atom stereocenters. The molecule has 1 N–H and O–H groups in total. The fraction of sp³-hybridized carbons (Fsp3) is 0.440. The number of hydrogen-bond donors (Lipinski definition) is 1. The number of amides is 2. The highest BCUT2D eigenvalue weighted by Crippen LogP contribution is 2.25. The fourth-order valence-corrected chi connectivity index (χ4v) is 5.38. The van der Waals surface area contributed by atoms with Gasteiger partial charge >= 0.3 is 0 Å². The quantitative estimate of drug-likeness (QED) is 0.466. The van der Waals surface area contributed by atoms with Crippen molar-refractivity contribution in [1.29, 1.82) is 0 Å². The topological polar surface area (TPSA) is 49.4 Å². The normalized spacial score (nSPS) is 14.9. The fourth-order valence-electron chi connectivity index (χ4n) is 3.92. The second kappa shape index (κ2) is 12.0. The lowest BCUT2D eigenvalue weighted by atomic mass is 10.1. The van der Waals surface area contributed by atoms with E-state index in [-0.39, 0.29) is 23.6 Å². The van der Waals surface area contributed by atoms with Crippen molar-refractivity contribution in [2.75, 3.05) is 5.75 Å². The number of benzene rings is 2. The van der Waals surface area contributed by atoms with Crippen LogP contribution in [0.1, 0.15) is 49.3 Å². The van der Waals surface area contributed by atoms with Gasteiger partial charge in [0.05, 0.1) is 5.75 Å². The third-order valence-corrected chi connectivity index (χ3v) is 7.52. The molecule has 2 amide bonds. The minimum absolute atomic E-state index is 0.0580. The van der Waals surface area contributed by atoms with E-state index in [0.29, 0.717) is 22.3 Å². The number of aryl methyl sites for hydroxylation is 1. The zero-order valence-corrected chi connectivity index (χ0v) is 20.9. The summed E-state index contributed by atoms with van der Waals surface area (Å²) in [6.45, 7) is 4.26. The van der Waals surface area contributed by atoms with Crippen molar-refractivity contribution >= 4 is 46.8 Å². The highest BCUT2D eigenvalue weighted by Gasteiger charge is 2.28. The molecule has 0 saturated heterocycles. The van der Waals surface area contributed by atoms with E-state index in [1.807, 2.05) is 44.2 Å². The van der Waals surface area contributed by atoms with Crippen molar-refractivity contribution in [3.8, 4) is 0 Å². The van der Waals surface area contributed by atoms with Crippen molar-refractivity contribution in [1.82, 2.24) is 10.2 Å². The highest BCUT2D eigenvalue weighted by molar-refractivity contribution is 7.99. The van der Waals surface area contributed by atoms with Crippen LogP contribution >= 0.6 is 35.0 Å². The molecule has 0 aromatic heterocycles. The Kier molecular flexibility index (Phi) is 9.33. The molecule has 0 radical (unpaired) electrons. The Hall–Kier alpha value is -1.69. The van der Waals surface area contributed by atoms with E-state index in [1.165, 1.54) is 11.8 Å². The van der Waals surface area contributed by atoms with Gasteiger partial charge in [0.1, 0.15) is 6.04 Å². The minimum atomic E-state index is -0.539. The summed E-state index contributed by atoms with van der Waals surface area (Å²) >= 11 is 13.7. The molecule has 0 spiro atoms. The van der Waals surface area contributed by atoms with Crippen LogP contribution in [0.25, 0.3) is 0 Å². The number of hydrogen-bond acceptors (Lipinski definition) is 3. The number of halogens is 2. The number of nitrogens with one attached hydrogen (secondary N) is 1. The molecule has 172 valence electrons. The van der Waals surface area contributed by atoms with E-state index in [1.54, 1.807) is 17.0 Å². The molecule has 1 saturated carbocycles. The first-order valence-electron chi connectivity index (χ1n) is 11.0. The van der Waals surface area contributed by atoms with E-state index in [9.17, 15) is 9.59 Å². The Balaban J connectivity index is 1.67. The standard InChI is InChI=1S/C25H30Cl2N2O2S/c1-17-7-3-4-8-19(17)14-29(18(2)25(31)28-22-9-5-6-10-22)24(30)16-32-15-20-11-12-21(26)13-23(20)27/h3-4,7-8,11-13,18,22H,5-6,9-10,14-16H2,1-2H3,(H,28,31)/t18-/m1/s1. The van der Waals surface area contributed by atoms with Crippen LogP contribution in [0, 0.1) is 6.92 Å². The zero-order chi connectivity index (χ0) is 23.1. The third kappa shape index (κ3) is 6.90. The zero-order valence-electron chi connectivity index (χ0n) is 18.6. The molecule has 32 heavy (non-hydrogen) atoms. The maximum Gasteiger partial charge on any atom is 0.242 e. The summed E-state index contributed by atoms with van der Waals surface area (Å²) < 4.78 is 0. The van der Waals surface area contributed by atoms with Crippen molar-refractivity contribution in [2.45, 2.75) is 63.9 Å². The maximum atomic E-state index is 13.2. The second-order valence-corrected chi connectivity index (χ2v) is 10.2. The summed E-state index contributed by atoms with van der Waals surface area (Å²) in [7, 11) is 0. The van der Waals surface area contributed by atoms with Crippen LogP contribution in [0.5, 0.6) is 0 Å². The molecule has 2 aromatic rings. The average Bonchev–Trinajstić information content (AvgIpc) is 3.27. The summed E-state index contributed by atoms with van der Waals surface area (Å²) in [5.74, 6) is 0.732. The number of thioether (sulfide) groups is 1. The van der Waals surface area contributed by atoms with Crippen molar-refractivity contribution in [2.24, 2.45) is 0 Å². The first kappa shape index (κ1) is 24.9. The smallest absolute Gasteiger partial charge is 0.242 e. The van der Waals surface area contributed by atoms with Gasteiger partial charge in [0.25, 0.3) is 0 Å². The van der Waals surface area contributed by atoms with Crippen LogP contribution in [0.2, 0.25) is 10.0 Å². The summed E-state index contributed by atoms with van der Waals surface area (Å²) in [6.07, 6.45) is 4.33. The molecule has 3 rings (SSSR count). The summed E-state index contributed by atoms with van der Waals surface area (Å²) in [5, 5.41) is 4.32. The van der Waals surface area contributed by atoms with E-state index in [4.69, 9.17) is 23.2 Å². The molecule has 0 aliphatic heterocycles. The Morgan fingerprint density at radius 1 is 1.12 bits per heavy atom. The lowest BCUT2D eigenvalue weighted by molar-refractivity contribution is -0.139. The average molecular weight is 494 g/mol. The Bertz CT molecular complexity index is 947. The SMILES string of the molecule is Cc1ccccc1CN(C(=O)CSCc1ccc(Cl)cc1Cl)[C@H](C)C(=O)NC1CCCC1. The van der Waals surface area contributed by atoms with Crippen LogP contribution in [-0.2, 0) is 21.9 Å². The molecule has 0 heterocycles. The summed E-state index contributed by atoms with van der Waals surface area (Å²) in [6, 6.07) is 13.1. The number of nitrogens with zero attached hydrogens (tertiary/aromatic N) is 1. The molecule has 4 nitrogen and oxygen atoms in total. The first-order valence-corrected chi connectivity index (χ1v) is 12.9. The molecule has 1 fully saturated rings. The van der Waals surface area contributed by atoms with Crippen LogP contribution in [0.4, 0.5) is 0 Å². The van der Waals surface area contributed by atoms with Gasteiger partial charge in [-0.05, 0) is 55.5 Å². The van der Waals surface area contributed by atoms with Crippen molar-refractivity contribution in [3.05, 3.63) is 69.2 Å². The van der Waals surface area contributed by atoms with E-state index in [2.05, 4.69) is 5.32 Å². The lowest BCUT2D eigenvalue weighted by Crippen LogP contribution is -2.50. The van der Waals surface area contributed by atoms with E-state index in [0.717, 1.165) is 42.4 Å². The van der Waals surface area contributed by atoms with Gasteiger partial charge in [-0.1, -0.05) is 66.4 Å². The van der Waals surface area contributed by atoms with Crippen molar-refractivity contribution in [3.63, 3.8) is 0 Å². The Morgan fingerprint density at radius 3 is 2.53 bits per heavy atom. The summed E-state index contributed by atoms with van der Waals surface area (Å²) in [5.41, 5.74) is 3.09. The summed E-state index contributed by atoms with van der Waals surface area (Å²) in [4.78, 5) is 27.9. The number of carbonyl (C=O) groups is 2. The van der Waals surface area contributed by atoms with Crippen LogP contribution in [0.15, 0.2) is 42.5 Å². The van der Waals surface area contributed by atoms with Gasteiger partial charge < -0.3 is 10.2 Å². The van der Waals surface area contributed by atoms with Gasteiger partial charge in [0.2, 0.25) is 11.8 Å². The van der Waals surface area contributed by atoms with Crippen LogP contribution in [-0.4, -0.2) is 34.6 Å². The van der Waals surface area contributed by atoms with Crippen LogP contribution in [0.3, 0.4) is 0 Å². The van der Waals surface area contributed by atoms with Crippen molar-refractivity contribution < 1.29 is 9.59 Å². The van der Waals surface area contributed by atoms with Crippen LogP contribution < -0.4 is 5.32 Å². The molecule has 1 atom stereocenters. The molecule has 1 aliphatic rings. The predicted molar refractivity (Wildman–Crippen MR) is 134 cm³/mol. The number of carbonyl (C=O) groups excluding carboxylic acids is 2. The Labute approximate surface area is 205 Å². The molecule has 1 aliphatic carbocycles. The maximum absolute atomic E-state index is 13.2. The Morgan fingerprint density at radius 2 is 1.84 bits per heavy atom. The minimum Gasteiger partial charge on any atom is -0.352 e. The van der Waals surface area contributed by atoms with Gasteiger partial charge in [-0.25, -0.2) is 0 Å². The number of rotatable bonds is 9. The molecule has 0 bridgehead atoms. The highest BCUT2D eigenvalue weighted by atomic mass is 35.5. The molecular formula is C25H30Cl2N2O2S. The lowest BCUT2D eigenvalue weighted by Gasteiger charge is -2.30. The van der Waals surface area contributed by atoms with Gasteiger partial charge in [0, 0.05) is 28.4 Å². The van der Waals surface area contributed by atoms with Gasteiger partial charge in [-0.15, -0.1) is 11.8 Å². The molecule has 7 heteroatoms. The largest absolute Gasteiger partial charge is 0.352 e. The predicted octanol–water partition coefficient (Wildman–Crippen LogP) is 6.01.